The van der Waals surface area contributed by atoms with Crippen molar-refractivity contribution in [1.82, 2.24) is 5.43 Å². The molecule has 0 aromatic heterocycles. The van der Waals surface area contributed by atoms with Crippen molar-refractivity contribution in [3.05, 3.63) is 68.7 Å². The maximum atomic E-state index is 6.05. The van der Waals surface area contributed by atoms with Crippen LogP contribution in [0.5, 0.6) is 0 Å². The molecule has 2 aromatic carbocycles. The number of nitrogens with one attached hydrogen (secondary N) is 1. The van der Waals surface area contributed by atoms with Gasteiger partial charge < -0.3 is 5.43 Å². The molecule has 2 rings (SSSR count). The van der Waals surface area contributed by atoms with Crippen molar-refractivity contribution in [2.45, 2.75) is 6.54 Å². The van der Waals surface area contributed by atoms with Gasteiger partial charge in [-0.05, 0) is 29.8 Å². The van der Waals surface area contributed by atoms with E-state index in [1.165, 1.54) is 0 Å². The lowest BCUT2D eigenvalue weighted by molar-refractivity contribution is 0.748. The van der Waals surface area contributed by atoms with Gasteiger partial charge in [-0.3, -0.25) is 0 Å². The Morgan fingerprint density at radius 1 is 0.947 bits per heavy atom. The number of hydrogen-bond acceptors (Lipinski definition) is 2. The van der Waals surface area contributed by atoms with Crippen LogP contribution in [-0.2, 0) is 6.54 Å². The van der Waals surface area contributed by atoms with Gasteiger partial charge in [-0.2, -0.15) is 5.10 Å². The lowest BCUT2D eigenvalue weighted by atomic mass is 10.2. The lowest BCUT2D eigenvalue weighted by Gasteiger charge is -2.05. The minimum Gasteiger partial charge on any atom is -0.306 e. The van der Waals surface area contributed by atoms with Gasteiger partial charge in [0, 0.05) is 20.6 Å². The molecule has 0 saturated carbocycles. The summed E-state index contributed by atoms with van der Waals surface area (Å²) in [5.41, 5.74) is 4.71. The minimum atomic E-state index is 0.475. The fourth-order valence-electron chi connectivity index (χ4n) is 1.49. The Bertz CT molecular complexity index is 559. The molecule has 0 aliphatic rings. The second kappa shape index (κ2) is 6.80. The predicted molar refractivity (Wildman–Crippen MR) is 82.3 cm³/mol. The highest BCUT2D eigenvalue weighted by Crippen LogP contribution is 2.23. The van der Waals surface area contributed by atoms with Crippen molar-refractivity contribution in [3.8, 4) is 0 Å². The molecule has 0 heterocycles. The lowest BCUT2D eigenvalue weighted by Crippen LogP contribution is -2.06. The number of nitrogens with zero attached hydrogens (tertiary/aromatic N) is 1. The molecule has 0 aliphatic carbocycles. The van der Waals surface area contributed by atoms with Crippen molar-refractivity contribution in [2.75, 3.05) is 0 Å². The summed E-state index contributed by atoms with van der Waals surface area (Å²) >= 11 is 17.9. The second-order valence-corrected chi connectivity index (χ2v) is 5.10. The summed E-state index contributed by atoms with van der Waals surface area (Å²) in [6, 6.07) is 12.8. The highest BCUT2D eigenvalue weighted by Gasteiger charge is 2.03. The van der Waals surface area contributed by atoms with Gasteiger partial charge in [0.15, 0.2) is 0 Å². The third-order valence-corrected chi connectivity index (χ3v) is 3.45. The van der Waals surface area contributed by atoms with Crippen LogP contribution in [0.3, 0.4) is 0 Å². The van der Waals surface area contributed by atoms with Crippen LogP contribution in [0, 0.1) is 0 Å². The van der Waals surface area contributed by atoms with E-state index >= 15 is 0 Å². The van der Waals surface area contributed by atoms with E-state index in [1.54, 1.807) is 18.3 Å². The maximum Gasteiger partial charge on any atom is 0.0609 e. The smallest absolute Gasteiger partial charge is 0.0609 e. The first-order chi connectivity index (χ1) is 9.16. The van der Waals surface area contributed by atoms with E-state index in [2.05, 4.69) is 10.5 Å². The normalized spacial score (nSPS) is 10.9. The van der Waals surface area contributed by atoms with Crippen LogP contribution in [0.25, 0.3) is 0 Å². The van der Waals surface area contributed by atoms with E-state index < -0.39 is 0 Å². The fraction of sp³-hybridized carbons (Fsp3) is 0.0714. The van der Waals surface area contributed by atoms with Crippen molar-refractivity contribution >= 4 is 41.0 Å². The van der Waals surface area contributed by atoms with Gasteiger partial charge in [0.2, 0.25) is 0 Å². The van der Waals surface area contributed by atoms with Gasteiger partial charge in [0.1, 0.15) is 0 Å². The molecule has 0 radical (unpaired) electrons. The number of halogens is 3. The van der Waals surface area contributed by atoms with E-state index in [-0.39, 0.29) is 0 Å². The first kappa shape index (κ1) is 14.2. The topological polar surface area (TPSA) is 24.4 Å². The molecule has 0 atom stereocenters. The Morgan fingerprint density at radius 3 is 2.21 bits per heavy atom. The Hall–Kier alpha value is -1.22. The Balaban J connectivity index is 1.95. The molecule has 1 N–H and O–H groups in total. The van der Waals surface area contributed by atoms with Crippen LogP contribution in [0.15, 0.2) is 47.6 Å². The van der Waals surface area contributed by atoms with Crippen LogP contribution in [0.4, 0.5) is 0 Å². The zero-order valence-electron chi connectivity index (χ0n) is 9.91. The first-order valence-corrected chi connectivity index (χ1v) is 6.74. The van der Waals surface area contributed by atoms with E-state index in [4.69, 9.17) is 34.8 Å². The zero-order valence-corrected chi connectivity index (χ0v) is 12.2. The van der Waals surface area contributed by atoms with Gasteiger partial charge in [0.05, 0.1) is 12.8 Å². The largest absolute Gasteiger partial charge is 0.306 e. The van der Waals surface area contributed by atoms with E-state index in [1.807, 2.05) is 30.3 Å². The Labute approximate surface area is 127 Å². The highest BCUT2D eigenvalue weighted by molar-refractivity contribution is 6.36. The minimum absolute atomic E-state index is 0.475. The quantitative estimate of drug-likeness (QED) is 0.638. The molecule has 2 aromatic rings. The van der Waals surface area contributed by atoms with E-state index in [0.29, 0.717) is 21.6 Å². The molecule has 0 bridgehead atoms. The highest BCUT2D eigenvalue weighted by atomic mass is 35.5. The predicted octanol–water partition coefficient (Wildman–Crippen LogP) is 4.77. The number of benzene rings is 2. The molecular weight excluding hydrogens is 303 g/mol. The van der Waals surface area contributed by atoms with E-state index in [0.717, 1.165) is 11.1 Å². The van der Waals surface area contributed by atoms with E-state index in [9.17, 15) is 0 Å². The van der Waals surface area contributed by atoms with Crippen molar-refractivity contribution in [1.29, 1.82) is 0 Å². The SMILES string of the molecule is Clc1ccc(/C=N\NCc2c(Cl)cccc2Cl)cc1. The molecule has 5 heteroatoms. The van der Waals surface area contributed by atoms with Crippen LogP contribution < -0.4 is 5.43 Å². The van der Waals surface area contributed by atoms with Gasteiger partial charge in [-0.15, -0.1) is 0 Å². The standard InChI is InChI=1S/C14H11Cl3N2/c15-11-6-4-10(5-7-11)8-18-19-9-12-13(16)2-1-3-14(12)17/h1-8,19H,9H2/b18-8-. The molecule has 0 aliphatic heterocycles. The molecule has 19 heavy (non-hydrogen) atoms. The van der Waals surface area contributed by atoms with Gasteiger partial charge >= 0.3 is 0 Å². The summed E-state index contributed by atoms with van der Waals surface area (Å²) in [4.78, 5) is 0. The number of hydrogen-bond donors (Lipinski definition) is 1. The maximum absolute atomic E-state index is 6.05. The van der Waals surface area contributed by atoms with Crippen LogP contribution in [0.1, 0.15) is 11.1 Å². The van der Waals surface area contributed by atoms with Crippen LogP contribution in [0.2, 0.25) is 15.1 Å². The number of rotatable bonds is 4. The first-order valence-electron chi connectivity index (χ1n) is 5.61. The summed E-state index contributed by atoms with van der Waals surface area (Å²) in [5, 5.41) is 6.07. The average Bonchev–Trinajstić information content (AvgIpc) is 2.39. The Kier molecular flexibility index (Phi) is 5.08. The third-order valence-electron chi connectivity index (χ3n) is 2.49. The number of hydrazone groups is 1. The zero-order chi connectivity index (χ0) is 13.7. The Morgan fingerprint density at radius 2 is 1.58 bits per heavy atom. The molecule has 0 fully saturated rings. The summed E-state index contributed by atoms with van der Waals surface area (Å²) in [6.07, 6.45) is 1.71. The monoisotopic (exact) mass is 312 g/mol. The summed E-state index contributed by atoms with van der Waals surface area (Å²) < 4.78 is 0. The van der Waals surface area contributed by atoms with Gasteiger partial charge in [-0.25, -0.2) is 0 Å². The molecule has 98 valence electrons. The molecule has 0 unspecified atom stereocenters. The molecular formula is C14H11Cl3N2. The second-order valence-electron chi connectivity index (χ2n) is 3.84. The summed E-state index contributed by atoms with van der Waals surface area (Å²) in [5.74, 6) is 0. The van der Waals surface area contributed by atoms with Crippen LogP contribution >= 0.6 is 34.8 Å². The van der Waals surface area contributed by atoms with Crippen molar-refractivity contribution < 1.29 is 0 Å². The molecule has 0 amide bonds. The van der Waals surface area contributed by atoms with Crippen LogP contribution in [-0.4, -0.2) is 6.21 Å². The average molecular weight is 314 g/mol. The molecule has 0 spiro atoms. The molecule has 2 nitrogen and oxygen atoms in total. The molecule has 0 saturated heterocycles. The van der Waals surface area contributed by atoms with Crippen molar-refractivity contribution in [3.63, 3.8) is 0 Å². The van der Waals surface area contributed by atoms with Crippen molar-refractivity contribution in [2.24, 2.45) is 5.10 Å². The summed E-state index contributed by atoms with van der Waals surface area (Å²) in [6.45, 7) is 0.475. The third kappa shape index (κ3) is 4.13. The van der Waals surface area contributed by atoms with Gasteiger partial charge in [-0.1, -0.05) is 53.0 Å². The van der Waals surface area contributed by atoms with Gasteiger partial charge in [0.25, 0.3) is 0 Å². The summed E-state index contributed by atoms with van der Waals surface area (Å²) in [7, 11) is 0. The fourth-order valence-corrected chi connectivity index (χ4v) is 2.15.